The lowest BCUT2D eigenvalue weighted by atomic mass is 10.2. The fourth-order valence-electron chi connectivity index (χ4n) is 3.37. The van der Waals surface area contributed by atoms with Crippen LogP contribution in [0.15, 0.2) is 53.3 Å². The molecule has 3 aromatic rings. The number of hydrogen-bond acceptors (Lipinski definition) is 3. The van der Waals surface area contributed by atoms with E-state index in [4.69, 9.17) is 0 Å². The second kappa shape index (κ2) is 6.64. The van der Waals surface area contributed by atoms with Gasteiger partial charge in [0.05, 0.1) is 37.1 Å². The largest absolute Gasteiger partial charge is 0.360 e. The first-order chi connectivity index (χ1) is 12.2. The fourth-order valence-corrected chi connectivity index (χ4v) is 3.37. The minimum Gasteiger partial charge on any atom is -0.360 e. The molecule has 2 heterocycles. The zero-order valence-electron chi connectivity index (χ0n) is 13.8. The number of nitrogens with zero attached hydrogens (tertiary/aromatic N) is 2. The van der Waals surface area contributed by atoms with Gasteiger partial charge in [0, 0.05) is 5.69 Å². The molecule has 0 aliphatic carbocycles. The van der Waals surface area contributed by atoms with Crippen LogP contribution in [0.1, 0.15) is 5.82 Å². The van der Waals surface area contributed by atoms with Crippen molar-refractivity contribution in [2.75, 3.05) is 31.1 Å². The van der Waals surface area contributed by atoms with E-state index in [1.807, 2.05) is 30.3 Å². The van der Waals surface area contributed by atoms with Gasteiger partial charge in [-0.15, -0.1) is 0 Å². The molecule has 0 radical (unpaired) electrons. The maximum Gasteiger partial charge on any atom is 0.258 e. The van der Waals surface area contributed by atoms with Gasteiger partial charge in [0.2, 0.25) is 0 Å². The van der Waals surface area contributed by atoms with Crippen LogP contribution >= 0.6 is 0 Å². The number of benzene rings is 2. The van der Waals surface area contributed by atoms with Crippen molar-refractivity contribution in [1.29, 1.82) is 0 Å². The van der Waals surface area contributed by atoms with Gasteiger partial charge in [0.25, 0.3) is 5.56 Å². The third-order valence-electron chi connectivity index (χ3n) is 4.74. The van der Waals surface area contributed by atoms with Crippen molar-refractivity contribution in [2.45, 2.75) is 6.54 Å². The molecular weight excluding hydrogens is 319 g/mol. The summed E-state index contributed by atoms with van der Waals surface area (Å²) in [5, 5.41) is 0.627. The normalized spacial score (nSPS) is 15.6. The molecule has 0 saturated carbocycles. The molecular formula is C19H20FN4O+. The van der Waals surface area contributed by atoms with E-state index in [1.54, 1.807) is 6.07 Å². The molecule has 1 aliphatic rings. The predicted octanol–water partition coefficient (Wildman–Crippen LogP) is 0.967. The Kier molecular flexibility index (Phi) is 4.19. The Morgan fingerprint density at radius 3 is 2.56 bits per heavy atom. The van der Waals surface area contributed by atoms with E-state index in [0.29, 0.717) is 11.9 Å². The molecule has 25 heavy (non-hydrogen) atoms. The van der Waals surface area contributed by atoms with Crippen molar-refractivity contribution >= 4 is 16.6 Å². The molecule has 1 saturated heterocycles. The van der Waals surface area contributed by atoms with Gasteiger partial charge < -0.3 is 14.8 Å². The van der Waals surface area contributed by atoms with E-state index in [0.717, 1.165) is 43.2 Å². The second-order valence-corrected chi connectivity index (χ2v) is 6.42. The minimum absolute atomic E-state index is 0.0788. The number of H-pyrrole nitrogens is 1. The van der Waals surface area contributed by atoms with Crippen molar-refractivity contribution < 1.29 is 9.29 Å². The molecule has 0 amide bonds. The van der Waals surface area contributed by atoms with Crippen LogP contribution in [0.2, 0.25) is 0 Å². The number of para-hydroxylation sites is 1. The maximum atomic E-state index is 13.0. The Balaban J connectivity index is 1.43. The average Bonchev–Trinajstić information content (AvgIpc) is 2.63. The summed E-state index contributed by atoms with van der Waals surface area (Å²) in [5.41, 5.74) is 1.72. The summed E-state index contributed by atoms with van der Waals surface area (Å²) in [4.78, 5) is 23.3. The van der Waals surface area contributed by atoms with Gasteiger partial charge in [-0.1, -0.05) is 12.1 Å². The highest BCUT2D eigenvalue weighted by molar-refractivity contribution is 5.77. The van der Waals surface area contributed by atoms with Crippen LogP contribution in [-0.2, 0) is 6.54 Å². The number of rotatable bonds is 3. The highest BCUT2D eigenvalue weighted by Gasteiger charge is 2.21. The van der Waals surface area contributed by atoms with Crippen LogP contribution in [0, 0.1) is 5.82 Å². The number of halogens is 1. The molecule has 0 atom stereocenters. The zero-order valence-corrected chi connectivity index (χ0v) is 13.8. The van der Waals surface area contributed by atoms with Gasteiger partial charge >= 0.3 is 0 Å². The Bertz CT molecular complexity index is 930. The molecule has 6 heteroatoms. The first-order valence-electron chi connectivity index (χ1n) is 8.51. The van der Waals surface area contributed by atoms with Gasteiger partial charge in [0.15, 0.2) is 5.82 Å². The number of piperazine rings is 1. The van der Waals surface area contributed by atoms with Crippen molar-refractivity contribution in [2.24, 2.45) is 0 Å². The zero-order chi connectivity index (χ0) is 17.2. The van der Waals surface area contributed by atoms with E-state index in [-0.39, 0.29) is 11.4 Å². The molecule has 128 valence electrons. The lowest BCUT2D eigenvalue weighted by Gasteiger charge is -2.33. The standard InChI is InChI=1S/C19H19FN4O/c20-14-5-7-15(8-6-14)24-11-9-23(10-12-24)13-18-21-17-4-2-1-3-16(17)19(25)22-18/h1-8H,9-13H2,(H,21,22,25)/p+1. The van der Waals surface area contributed by atoms with Gasteiger partial charge in [-0.25, -0.2) is 9.37 Å². The van der Waals surface area contributed by atoms with E-state index in [2.05, 4.69) is 14.9 Å². The fraction of sp³-hybridized carbons (Fsp3) is 0.263. The topological polar surface area (TPSA) is 53.4 Å². The van der Waals surface area contributed by atoms with E-state index < -0.39 is 0 Å². The highest BCUT2D eigenvalue weighted by atomic mass is 19.1. The summed E-state index contributed by atoms with van der Waals surface area (Å²) in [7, 11) is 0. The summed E-state index contributed by atoms with van der Waals surface area (Å²) >= 11 is 0. The number of anilines is 1. The second-order valence-electron chi connectivity index (χ2n) is 6.42. The van der Waals surface area contributed by atoms with Crippen molar-refractivity contribution in [3.63, 3.8) is 0 Å². The Hall–Kier alpha value is -2.73. The van der Waals surface area contributed by atoms with E-state index >= 15 is 0 Å². The molecule has 2 N–H and O–H groups in total. The molecule has 4 rings (SSSR count). The number of fused-ring (bicyclic) bond motifs is 1. The van der Waals surface area contributed by atoms with E-state index in [9.17, 15) is 9.18 Å². The molecule has 2 aromatic carbocycles. The molecule has 0 spiro atoms. The van der Waals surface area contributed by atoms with Crippen LogP contribution < -0.4 is 15.4 Å². The number of aromatic nitrogens is 2. The summed E-state index contributed by atoms with van der Waals surface area (Å²) in [6.45, 7) is 4.41. The smallest absolute Gasteiger partial charge is 0.258 e. The lowest BCUT2D eigenvalue weighted by Crippen LogP contribution is -3.13. The summed E-state index contributed by atoms with van der Waals surface area (Å²) in [6, 6.07) is 14.0. The number of aromatic amines is 1. The van der Waals surface area contributed by atoms with Gasteiger partial charge in [-0.05, 0) is 36.4 Å². The average molecular weight is 339 g/mol. The first kappa shape index (κ1) is 15.8. The molecule has 1 aliphatic heterocycles. The van der Waals surface area contributed by atoms with Crippen molar-refractivity contribution in [1.82, 2.24) is 9.97 Å². The third-order valence-corrected chi connectivity index (χ3v) is 4.74. The summed E-state index contributed by atoms with van der Waals surface area (Å²) in [6.07, 6.45) is 0. The molecule has 0 unspecified atom stereocenters. The van der Waals surface area contributed by atoms with Crippen LogP contribution in [0.4, 0.5) is 10.1 Å². The van der Waals surface area contributed by atoms with Gasteiger partial charge in [0.1, 0.15) is 12.4 Å². The SMILES string of the molecule is O=c1[nH]c(C[NH+]2CCN(c3ccc(F)cc3)CC2)nc2ccccc12. The van der Waals surface area contributed by atoms with Crippen LogP contribution in [0.25, 0.3) is 10.9 Å². The van der Waals surface area contributed by atoms with Gasteiger partial charge in [-0.2, -0.15) is 0 Å². The number of nitrogens with one attached hydrogen (secondary N) is 2. The van der Waals surface area contributed by atoms with Crippen LogP contribution in [-0.4, -0.2) is 36.1 Å². The molecule has 1 fully saturated rings. The lowest BCUT2D eigenvalue weighted by molar-refractivity contribution is -0.915. The first-order valence-corrected chi connectivity index (χ1v) is 8.51. The minimum atomic E-state index is -0.209. The quantitative estimate of drug-likeness (QED) is 0.748. The predicted molar refractivity (Wildman–Crippen MR) is 95.4 cm³/mol. The Morgan fingerprint density at radius 1 is 1.08 bits per heavy atom. The third kappa shape index (κ3) is 3.39. The Morgan fingerprint density at radius 2 is 1.80 bits per heavy atom. The molecule has 5 nitrogen and oxygen atoms in total. The van der Waals surface area contributed by atoms with Crippen LogP contribution in [0.5, 0.6) is 0 Å². The van der Waals surface area contributed by atoms with Crippen molar-refractivity contribution in [3.05, 3.63) is 70.5 Å². The van der Waals surface area contributed by atoms with Crippen LogP contribution in [0.3, 0.4) is 0 Å². The highest BCUT2D eigenvalue weighted by Crippen LogP contribution is 2.14. The maximum absolute atomic E-state index is 13.0. The van der Waals surface area contributed by atoms with Crippen molar-refractivity contribution in [3.8, 4) is 0 Å². The summed E-state index contributed by atoms with van der Waals surface area (Å²) < 4.78 is 13.0. The number of quaternary nitrogens is 1. The Labute approximate surface area is 144 Å². The molecule has 0 bridgehead atoms. The molecule has 1 aromatic heterocycles. The summed E-state index contributed by atoms with van der Waals surface area (Å²) in [5.74, 6) is 0.522. The van der Waals surface area contributed by atoms with E-state index in [1.165, 1.54) is 17.0 Å². The number of hydrogen-bond donors (Lipinski definition) is 2. The van der Waals surface area contributed by atoms with Gasteiger partial charge in [-0.3, -0.25) is 4.79 Å². The monoisotopic (exact) mass is 339 g/mol.